The van der Waals surface area contributed by atoms with E-state index in [-0.39, 0.29) is 11.9 Å². The molecule has 0 radical (unpaired) electrons. The van der Waals surface area contributed by atoms with Crippen LogP contribution in [0.5, 0.6) is 5.75 Å². The van der Waals surface area contributed by atoms with Gasteiger partial charge in [0.05, 0.1) is 11.3 Å². The van der Waals surface area contributed by atoms with Crippen molar-refractivity contribution >= 4 is 11.6 Å². The summed E-state index contributed by atoms with van der Waals surface area (Å²) in [5.41, 5.74) is 9.35. The Morgan fingerprint density at radius 3 is 2.92 bits per heavy atom. The molecule has 2 aromatic heterocycles. The van der Waals surface area contributed by atoms with E-state index in [9.17, 15) is 4.79 Å². The van der Waals surface area contributed by atoms with Crippen molar-refractivity contribution in [3.05, 3.63) is 65.6 Å². The molecule has 1 amide bonds. The van der Waals surface area contributed by atoms with Gasteiger partial charge >= 0.3 is 0 Å². The molecule has 4 rings (SSSR count). The summed E-state index contributed by atoms with van der Waals surface area (Å²) < 4.78 is 7.93. The Hall–Kier alpha value is -2.86. The molecule has 1 aliphatic rings. The number of rotatable bonds is 4. The van der Waals surface area contributed by atoms with Gasteiger partial charge in [-0.25, -0.2) is 4.98 Å². The minimum atomic E-state index is -0.0283. The number of pyridine rings is 1. The van der Waals surface area contributed by atoms with Crippen LogP contribution in [-0.4, -0.2) is 39.3 Å². The van der Waals surface area contributed by atoms with Gasteiger partial charge in [0.1, 0.15) is 18.0 Å². The van der Waals surface area contributed by atoms with E-state index in [0.717, 1.165) is 23.3 Å². The molecule has 1 fully saturated rings. The fourth-order valence-electron chi connectivity index (χ4n) is 3.34. The number of carbonyl (C=O) groups excluding carboxylic acids is 1. The summed E-state index contributed by atoms with van der Waals surface area (Å²) in [6.45, 7) is 3.63. The highest BCUT2D eigenvalue weighted by molar-refractivity contribution is 5.97. The Kier molecular flexibility index (Phi) is 4.34. The predicted molar refractivity (Wildman–Crippen MR) is 99.2 cm³/mol. The Bertz CT molecular complexity index is 950. The summed E-state index contributed by atoms with van der Waals surface area (Å²) in [6.07, 6.45) is 4.76. The van der Waals surface area contributed by atoms with Gasteiger partial charge in [-0.15, -0.1) is 0 Å². The molecule has 6 heteroatoms. The summed E-state index contributed by atoms with van der Waals surface area (Å²) in [5, 5.41) is 0. The van der Waals surface area contributed by atoms with Crippen molar-refractivity contribution in [2.75, 3.05) is 13.1 Å². The van der Waals surface area contributed by atoms with Gasteiger partial charge in [0.25, 0.3) is 5.91 Å². The average Bonchev–Trinajstić information content (AvgIpc) is 3.26. The minimum Gasteiger partial charge on any atom is -0.486 e. The maximum absolute atomic E-state index is 12.8. The molecule has 134 valence electrons. The number of carbonyl (C=O) groups is 1. The Labute approximate surface area is 152 Å². The first kappa shape index (κ1) is 16.6. The van der Waals surface area contributed by atoms with Crippen LogP contribution in [-0.2, 0) is 6.61 Å². The lowest BCUT2D eigenvalue weighted by Gasteiger charge is -2.18. The number of hydrogen-bond donors (Lipinski definition) is 1. The number of nitrogens with two attached hydrogens (primary N) is 1. The van der Waals surface area contributed by atoms with Gasteiger partial charge in [0.15, 0.2) is 0 Å². The van der Waals surface area contributed by atoms with Crippen LogP contribution in [0.4, 0.5) is 0 Å². The second kappa shape index (κ2) is 6.80. The molecule has 1 atom stereocenters. The molecule has 26 heavy (non-hydrogen) atoms. The highest BCUT2D eigenvalue weighted by Crippen LogP contribution is 2.23. The summed E-state index contributed by atoms with van der Waals surface area (Å²) in [6, 6.07) is 11.4. The number of hydrogen-bond acceptors (Lipinski definition) is 4. The third kappa shape index (κ3) is 3.15. The fraction of sp³-hybridized carbons (Fsp3) is 0.300. The van der Waals surface area contributed by atoms with E-state index in [4.69, 9.17) is 10.5 Å². The van der Waals surface area contributed by atoms with E-state index in [2.05, 4.69) is 4.98 Å². The fourth-order valence-corrected chi connectivity index (χ4v) is 3.34. The van der Waals surface area contributed by atoms with Crippen LogP contribution in [0.15, 0.2) is 48.8 Å². The van der Waals surface area contributed by atoms with Gasteiger partial charge in [0, 0.05) is 31.5 Å². The van der Waals surface area contributed by atoms with Crippen molar-refractivity contribution in [1.82, 2.24) is 14.3 Å². The lowest BCUT2D eigenvalue weighted by atomic mass is 10.1. The lowest BCUT2D eigenvalue weighted by Crippen LogP contribution is -2.32. The van der Waals surface area contributed by atoms with E-state index in [1.807, 2.05) is 54.0 Å². The van der Waals surface area contributed by atoms with Crippen LogP contribution < -0.4 is 10.5 Å². The van der Waals surface area contributed by atoms with Gasteiger partial charge in [-0.3, -0.25) is 4.79 Å². The van der Waals surface area contributed by atoms with Crippen molar-refractivity contribution in [2.45, 2.75) is 26.0 Å². The number of amides is 1. The van der Waals surface area contributed by atoms with E-state index < -0.39 is 0 Å². The number of ether oxygens (including phenoxy) is 1. The molecule has 1 aliphatic heterocycles. The van der Waals surface area contributed by atoms with Crippen molar-refractivity contribution in [1.29, 1.82) is 0 Å². The Morgan fingerprint density at radius 1 is 1.31 bits per heavy atom. The van der Waals surface area contributed by atoms with Crippen LogP contribution >= 0.6 is 0 Å². The second-order valence-corrected chi connectivity index (χ2v) is 6.74. The van der Waals surface area contributed by atoms with Crippen LogP contribution in [0.25, 0.3) is 5.65 Å². The quantitative estimate of drug-likeness (QED) is 0.784. The lowest BCUT2D eigenvalue weighted by molar-refractivity contribution is 0.0786. The highest BCUT2D eigenvalue weighted by atomic mass is 16.5. The van der Waals surface area contributed by atoms with Crippen LogP contribution in [0.2, 0.25) is 0 Å². The molecule has 1 aromatic carbocycles. The van der Waals surface area contributed by atoms with Crippen LogP contribution in [0.3, 0.4) is 0 Å². The third-order valence-electron chi connectivity index (χ3n) is 4.73. The second-order valence-electron chi connectivity index (χ2n) is 6.74. The van der Waals surface area contributed by atoms with Crippen molar-refractivity contribution < 1.29 is 9.53 Å². The minimum absolute atomic E-state index is 0.0283. The molecule has 3 aromatic rings. The number of aromatic nitrogens is 2. The smallest absolute Gasteiger partial charge is 0.257 e. The average molecular weight is 350 g/mol. The summed E-state index contributed by atoms with van der Waals surface area (Å²) in [7, 11) is 0. The normalized spacial score (nSPS) is 17.0. The summed E-state index contributed by atoms with van der Waals surface area (Å²) >= 11 is 0. The van der Waals surface area contributed by atoms with E-state index in [0.29, 0.717) is 31.0 Å². The molecule has 6 nitrogen and oxygen atoms in total. The molecule has 0 saturated carbocycles. The van der Waals surface area contributed by atoms with E-state index >= 15 is 0 Å². The van der Waals surface area contributed by atoms with Gasteiger partial charge in [-0.2, -0.15) is 0 Å². The number of nitrogens with zero attached hydrogens (tertiary/aromatic N) is 3. The molecular formula is C20H22N4O2. The molecule has 2 N–H and O–H groups in total. The van der Waals surface area contributed by atoms with E-state index in [1.54, 1.807) is 11.0 Å². The number of benzene rings is 1. The summed E-state index contributed by atoms with van der Waals surface area (Å²) in [5.74, 6) is 0.547. The summed E-state index contributed by atoms with van der Waals surface area (Å²) in [4.78, 5) is 19.2. The molecule has 0 bridgehead atoms. The first-order chi connectivity index (χ1) is 12.6. The number of para-hydroxylation sites is 1. The predicted octanol–water partition coefficient (Wildman–Crippen LogP) is 2.39. The SMILES string of the molecule is Cc1cccn2cc(COc3ccccc3C(=O)N3CC[C@@H](N)C3)nc12. The highest BCUT2D eigenvalue weighted by Gasteiger charge is 2.26. The number of imidazole rings is 1. The molecule has 0 spiro atoms. The first-order valence-electron chi connectivity index (χ1n) is 8.81. The number of likely N-dealkylation sites (tertiary alicyclic amines) is 1. The van der Waals surface area contributed by atoms with Gasteiger partial charge in [-0.1, -0.05) is 18.2 Å². The molecule has 3 heterocycles. The Morgan fingerprint density at radius 2 is 2.15 bits per heavy atom. The van der Waals surface area contributed by atoms with Crippen LogP contribution in [0.1, 0.15) is 28.0 Å². The largest absolute Gasteiger partial charge is 0.486 e. The standard InChI is InChI=1S/C20H22N4O2/c1-14-5-4-9-23-12-16(22-19(14)23)13-26-18-7-3-2-6-17(18)20(25)24-10-8-15(21)11-24/h2-7,9,12,15H,8,10-11,13,21H2,1H3/t15-/m1/s1. The van der Waals surface area contributed by atoms with Gasteiger partial charge < -0.3 is 19.8 Å². The van der Waals surface area contributed by atoms with Crippen molar-refractivity contribution in [3.63, 3.8) is 0 Å². The van der Waals surface area contributed by atoms with Crippen LogP contribution in [0, 0.1) is 6.92 Å². The zero-order chi connectivity index (χ0) is 18.1. The maximum atomic E-state index is 12.8. The molecule has 0 unspecified atom stereocenters. The Balaban J connectivity index is 1.53. The molecule has 0 aliphatic carbocycles. The van der Waals surface area contributed by atoms with Gasteiger partial charge in [-0.05, 0) is 37.1 Å². The molecular weight excluding hydrogens is 328 g/mol. The number of aryl methyl sites for hydroxylation is 1. The first-order valence-corrected chi connectivity index (χ1v) is 8.81. The monoisotopic (exact) mass is 350 g/mol. The zero-order valence-corrected chi connectivity index (χ0v) is 14.8. The van der Waals surface area contributed by atoms with Crippen molar-refractivity contribution in [3.8, 4) is 5.75 Å². The zero-order valence-electron chi connectivity index (χ0n) is 14.8. The van der Waals surface area contributed by atoms with Gasteiger partial charge in [0.2, 0.25) is 0 Å². The number of fused-ring (bicyclic) bond motifs is 1. The molecule has 1 saturated heterocycles. The van der Waals surface area contributed by atoms with E-state index in [1.165, 1.54) is 0 Å². The third-order valence-corrected chi connectivity index (χ3v) is 4.73. The van der Waals surface area contributed by atoms with Crippen molar-refractivity contribution in [2.24, 2.45) is 5.73 Å². The maximum Gasteiger partial charge on any atom is 0.257 e. The topological polar surface area (TPSA) is 72.9 Å².